The van der Waals surface area contributed by atoms with Crippen LogP contribution in [0.3, 0.4) is 0 Å². The predicted molar refractivity (Wildman–Crippen MR) is 60.6 cm³/mol. The molecular weight excluding hydrogens is 233 g/mol. The number of ether oxygens (including phenoxy) is 1. The number of rotatable bonds is 3. The smallest absolute Gasteiger partial charge is 0.256 e. The van der Waals surface area contributed by atoms with Gasteiger partial charge in [0.25, 0.3) is 5.91 Å². The Hall–Kier alpha value is -1.29. The van der Waals surface area contributed by atoms with Crippen molar-refractivity contribution in [3.63, 3.8) is 0 Å². The van der Waals surface area contributed by atoms with Crippen molar-refractivity contribution in [2.75, 3.05) is 7.11 Å². The van der Waals surface area contributed by atoms with Gasteiger partial charge in [-0.2, -0.15) is 0 Å². The molecule has 0 heterocycles. The summed E-state index contributed by atoms with van der Waals surface area (Å²) in [6.07, 6.45) is 0. The van der Waals surface area contributed by atoms with Crippen molar-refractivity contribution < 1.29 is 13.9 Å². The Labute approximate surface area is 98.5 Å². The Bertz CT molecular complexity index is 407. The molecule has 0 aliphatic rings. The van der Waals surface area contributed by atoms with Crippen LogP contribution < -0.4 is 10.1 Å². The van der Waals surface area contributed by atoms with E-state index in [0.717, 1.165) is 0 Å². The fourth-order valence-corrected chi connectivity index (χ4v) is 1.47. The van der Waals surface area contributed by atoms with Gasteiger partial charge in [-0.15, -0.1) is 0 Å². The van der Waals surface area contributed by atoms with Gasteiger partial charge >= 0.3 is 0 Å². The van der Waals surface area contributed by atoms with Crippen molar-refractivity contribution in [1.82, 2.24) is 5.32 Å². The summed E-state index contributed by atoms with van der Waals surface area (Å²) in [6, 6.07) is 2.72. The summed E-state index contributed by atoms with van der Waals surface area (Å²) in [5, 5.41) is 2.64. The van der Waals surface area contributed by atoms with Gasteiger partial charge in [0, 0.05) is 6.04 Å². The van der Waals surface area contributed by atoms with E-state index in [0.29, 0.717) is 0 Å². The van der Waals surface area contributed by atoms with Gasteiger partial charge in [0.05, 0.1) is 17.7 Å². The second-order valence-electron chi connectivity index (χ2n) is 3.57. The number of nitrogens with one attached hydrogen (secondary N) is 1. The maximum absolute atomic E-state index is 13.8. The number of carbonyl (C=O) groups excluding carboxylic acids is 1. The lowest BCUT2D eigenvalue weighted by atomic mass is 10.1. The number of hydrogen-bond acceptors (Lipinski definition) is 2. The van der Waals surface area contributed by atoms with Gasteiger partial charge in [0.15, 0.2) is 11.6 Å². The minimum absolute atomic E-state index is 0.00157. The van der Waals surface area contributed by atoms with E-state index in [2.05, 4.69) is 5.32 Å². The van der Waals surface area contributed by atoms with E-state index in [1.807, 2.05) is 0 Å². The van der Waals surface area contributed by atoms with Crippen molar-refractivity contribution in [3.05, 3.63) is 28.5 Å². The highest BCUT2D eigenvalue weighted by Crippen LogP contribution is 2.26. The summed E-state index contributed by atoms with van der Waals surface area (Å²) < 4.78 is 18.5. The van der Waals surface area contributed by atoms with Crippen LogP contribution in [0, 0.1) is 5.82 Å². The van der Waals surface area contributed by atoms with Gasteiger partial charge in [-0.1, -0.05) is 11.6 Å². The molecule has 1 N–H and O–H groups in total. The molecule has 0 saturated heterocycles. The lowest BCUT2D eigenvalue weighted by Crippen LogP contribution is -2.31. The Kier molecular flexibility index (Phi) is 4.12. The average Bonchev–Trinajstić information content (AvgIpc) is 2.16. The van der Waals surface area contributed by atoms with Crippen LogP contribution in [0.5, 0.6) is 5.75 Å². The number of hydrogen-bond donors (Lipinski definition) is 1. The fraction of sp³-hybridized carbons (Fsp3) is 0.364. The largest absolute Gasteiger partial charge is 0.494 e. The Morgan fingerprint density at radius 1 is 1.50 bits per heavy atom. The van der Waals surface area contributed by atoms with Crippen molar-refractivity contribution in [1.29, 1.82) is 0 Å². The molecule has 0 aliphatic carbocycles. The lowest BCUT2D eigenvalue weighted by Gasteiger charge is -2.12. The topological polar surface area (TPSA) is 38.3 Å². The van der Waals surface area contributed by atoms with E-state index >= 15 is 0 Å². The van der Waals surface area contributed by atoms with Crippen LogP contribution in [-0.4, -0.2) is 19.1 Å². The molecule has 16 heavy (non-hydrogen) atoms. The average molecular weight is 246 g/mol. The van der Waals surface area contributed by atoms with Crippen molar-refractivity contribution in [3.8, 4) is 5.75 Å². The SMILES string of the molecule is COc1ccc(Cl)c(C(=O)NC(C)C)c1F. The molecule has 0 aliphatic heterocycles. The van der Waals surface area contributed by atoms with Crippen molar-refractivity contribution >= 4 is 17.5 Å². The molecule has 88 valence electrons. The number of carbonyl (C=O) groups is 1. The molecule has 0 aromatic heterocycles. The zero-order valence-corrected chi connectivity index (χ0v) is 10.1. The third-order valence-electron chi connectivity index (χ3n) is 1.92. The molecule has 0 spiro atoms. The molecule has 0 unspecified atom stereocenters. The molecule has 3 nitrogen and oxygen atoms in total. The van der Waals surface area contributed by atoms with Gasteiger partial charge in [-0.05, 0) is 26.0 Å². The predicted octanol–water partition coefficient (Wildman–Crippen LogP) is 2.63. The molecule has 1 aromatic carbocycles. The summed E-state index contributed by atoms with van der Waals surface area (Å²) in [7, 11) is 1.33. The minimum Gasteiger partial charge on any atom is -0.494 e. The molecule has 0 radical (unpaired) electrons. The summed E-state index contributed by atoms with van der Waals surface area (Å²) in [6.45, 7) is 3.56. The van der Waals surface area contributed by atoms with Crippen LogP contribution >= 0.6 is 11.6 Å². The molecule has 0 atom stereocenters. The van der Waals surface area contributed by atoms with E-state index in [-0.39, 0.29) is 22.4 Å². The fourth-order valence-electron chi connectivity index (χ4n) is 1.23. The zero-order chi connectivity index (χ0) is 12.3. The maximum Gasteiger partial charge on any atom is 0.256 e. The van der Waals surface area contributed by atoms with Gasteiger partial charge in [-0.3, -0.25) is 4.79 Å². The van der Waals surface area contributed by atoms with E-state index in [4.69, 9.17) is 16.3 Å². The van der Waals surface area contributed by atoms with E-state index in [9.17, 15) is 9.18 Å². The Balaban J connectivity index is 3.16. The van der Waals surface area contributed by atoms with Crippen LogP contribution in [0.25, 0.3) is 0 Å². The highest BCUT2D eigenvalue weighted by atomic mass is 35.5. The molecule has 0 saturated carbocycles. The van der Waals surface area contributed by atoms with E-state index in [1.54, 1.807) is 13.8 Å². The summed E-state index contributed by atoms with van der Waals surface area (Å²) in [5.74, 6) is -1.29. The number of halogens is 2. The number of methoxy groups -OCH3 is 1. The minimum atomic E-state index is -0.742. The molecule has 0 bridgehead atoms. The first kappa shape index (κ1) is 12.8. The molecule has 0 fully saturated rings. The van der Waals surface area contributed by atoms with Gasteiger partial charge < -0.3 is 10.1 Å². The van der Waals surface area contributed by atoms with Crippen LogP contribution in [0.15, 0.2) is 12.1 Å². The zero-order valence-electron chi connectivity index (χ0n) is 9.30. The Morgan fingerprint density at radius 3 is 2.62 bits per heavy atom. The first-order chi connectivity index (χ1) is 7.47. The lowest BCUT2D eigenvalue weighted by molar-refractivity contribution is 0.0938. The second kappa shape index (κ2) is 5.16. The van der Waals surface area contributed by atoms with Crippen LogP contribution in [0.2, 0.25) is 5.02 Å². The van der Waals surface area contributed by atoms with Crippen molar-refractivity contribution in [2.45, 2.75) is 19.9 Å². The van der Waals surface area contributed by atoms with Gasteiger partial charge in [-0.25, -0.2) is 4.39 Å². The van der Waals surface area contributed by atoms with Crippen molar-refractivity contribution in [2.24, 2.45) is 0 Å². The van der Waals surface area contributed by atoms with E-state index < -0.39 is 11.7 Å². The molecule has 1 amide bonds. The monoisotopic (exact) mass is 245 g/mol. The first-order valence-corrected chi connectivity index (χ1v) is 5.18. The third-order valence-corrected chi connectivity index (χ3v) is 2.24. The summed E-state index contributed by atoms with van der Waals surface area (Å²) >= 11 is 5.78. The normalized spacial score (nSPS) is 10.4. The quantitative estimate of drug-likeness (QED) is 0.889. The first-order valence-electron chi connectivity index (χ1n) is 4.80. The van der Waals surface area contributed by atoms with Crippen LogP contribution in [0.1, 0.15) is 24.2 Å². The standard InChI is InChI=1S/C11H13ClFNO2/c1-6(2)14-11(15)9-7(12)4-5-8(16-3)10(9)13/h4-6H,1-3H3,(H,14,15). The summed E-state index contributed by atoms with van der Waals surface area (Å²) in [5.41, 5.74) is -0.185. The molecule has 1 rings (SSSR count). The van der Waals surface area contributed by atoms with Crippen LogP contribution in [-0.2, 0) is 0 Å². The second-order valence-corrected chi connectivity index (χ2v) is 3.97. The number of benzene rings is 1. The molecule has 1 aromatic rings. The molecule has 5 heteroatoms. The van der Waals surface area contributed by atoms with E-state index in [1.165, 1.54) is 19.2 Å². The van der Waals surface area contributed by atoms with Crippen LogP contribution in [0.4, 0.5) is 4.39 Å². The summed E-state index contributed by atoms with van der Waals surface area (Å²) in [4.78, 5) is 11.7. The third kappa shape index (κ3) is 2.64. The van der Waals surface area contributed by atoms with Gasteiger partial charge in [0.2, 0.25) is 0 Å². The Morgan fingerprint density at radius 2 is 2.12 bits per heavy atom. The number of amides is 1. The highest BCUT2D eigenvalue weighted by molar-refractivity contribution is 6.34. The van der Waals surface area contributed by atoms with Gasteiger partial charge in [0.1, 0.15) is 0 Å². The highest BCUT2D eigenvalue weighted by Gasteiger charge is 2.20. The molecular formula is C11H13ClFNO2. The maximum atomic E-state index is 13.8.